The summed E-state index contributed by atoms with van der Waals surface area (Å²) in [6, 6.07) is 1.07. The molecule has 3 rings (SSSR count). The number of epoxide rings is 1. The van der Waals surface area contributed by atoms with Crippen molar-refractivity contribution in [3.63, 3.8) is 0 Å². The maximum absolute atomic E-state index is 11.6. The molecule has 9 atom stereocenters. The van der Waals surface area contributed by atoms with Crippen LogP contribution in [0.3, 0.4) is 0 Å². The van der Waals surface area contributed by atoms with E-state index in [9.17, 15) is 4.57 Å². The second-order valence-corrected chi connectivity index (χ2v) is 22.0. The minimum atomic E-state index is -1.58. The van der Waals surface area contributed by atoms with Gasteiger partial charge in [-0.25, -0.2) is 0 Å². The number of hydrogen-bond donors (Lipinski definition) is 0. The third-order valence-electron chi connectivity index (χ3n) is 9.46. The van der Waals surface area contributed by atoms with Crippen LogP contribution in [0.5, 0.6) is 0 Å². The molecule has 0 radical (unpaired) electrons. The molecule has 3 fully saturated rings. The summed E-state index contributed by atoms with van der Waals surface area (Å²) in [5.41, 5.74) is 0. The van der Waals surface area contributed by atoms with E-state index in [1.54, 1.807) is 14.2 Å². The van der Waals surface area contributed by atoms with E-state index in [1.807, 2.05) is 7.11 Å². The van der Waals surface area contributed by atoms with E-state index < -0.39 is 14.9 Å². The second-order valence-electron chi connectivity index (χ2n) is 13.3. The Bertz CT molecular complexity index is 905. The summed E-state index contributed by atoms with van der Waals surface area (Å²) in [7, 11) is 4.59. The Morgan fingerprint density at radius 2 is 1.59 bits per heavy atom. The van der Waals surface area contributed by atoms with E-state index in [4.69, 9.17) is 48.8 Å². The van der Waals surface area contributed by atoms with Crippen molar-refractivity contribution >= 4 is 35.6 Å². The first kappa shape index (κ1) is 38.9. The molecule has 1 saturated heterocycles. The largest absolute Gasteiger partial charge is 0.420 e. The molecule has 2 aliphatic carbocycles. The molecule has 9 nitrogen and oxygen atoms in total. The van der Waals surface area contributed by atoms with Crippen molar-refractivity contribution in [2.75, 3.05) is 67.1 Å². The van der Waals surface area contributed by atoms with Gasteiger partial charge in [0, 0.05) is 27.9 Å². The first-order valence-corrected chi connectivity index (χ1v) is 23.6. The van der Waals surface area contributed by atoms with Crippen molar-refractivity contribution in [2.45, 2.75) is 120 Å². The third-order valence-corrected chi connectivity index (χ3v) is 15.4. The third kappa shape index (κ3) is 15.1. The summed E-state index contributed by atoms with van der Waals surface area (Å²) in [4.78, 5) is 0. The molecule has 1 heterocycles. The van der Waals surface area contributed by atoms with E-state index in [0.717, 1.165) is 47.1 Å². The molecule has 9 unspecified atom stereocenters. The minimum absolute atomic E-state index is 0.0230. The molecule has 0 bridgehead atoms. The fourth-order valence-corrected chi connectivity index (χ4v) is 9.18. The van der Waals surface area contributed by atoms with Crippen molar-refractivity contribution in [1.82, 2.24) is 0 Å². The van der Waals surface area contributed by atoms with Gasteiger partial charge in [0.05, 0.1) is 63.6 Å². The quantitative estimate of drug-likeness (QED) is 0.0526. The molecule has 2 saturated carbocycles. The van der Waals surface area contributed by atoms with E-state index in [2.05, 4.69) is 13.1 Å². The van der Waals surface area contributed by atoms with Gasteiger partial charge in [0.15, 0.2) is 14.9 Å². The zero-order chi connectivity index (χ0) is 31.8. The summed E-state index contributed by atoms with van der Waals surface area (Å²) >= 11 is 4.79. The average molecular weight is 699 g/mol. The highest BCUT2D eigenvalue weighted by Crippen LogP contribution is 2.42. The van der Waals surface area contributed by atoms with Crippen LogP contribution in [0.15, 0.2) is 0 Å². The fraction of sp³-hybridized carbons (Fsp3) is 1.00. The van der Waals surface area contributed by atoms with Gasteiger partial charge in [-0.15, -0.1) is 0 Å². The van der Waals surface area contributed by atoms with Crippen LogP contribution in [0.1, 0.15) is 64.2 Å². The Hall–Kier alpha value is 0.437. The smallest absolute Gasteiger partial charge is 0.186 e. The molecule has 0 aromatic carbocycles. The van der Waals surface area contributed by atoms with Gasteiger partial charge in [0.25, 0.3) is 0 Å². The lowest BCUT2D eigenvalue weighted by Gasteiger charge is -2.38. The predicted octanol–water partition coefficient (Wildman–Crippen LogP) is 5.89. The van der Waals surface area contributed by atoms with E-state index in [1.165, 1.54) is 38.5 Å². The summed E-state index contributed by atoms with van der Waals surface area (Å²) in [5, 5.41) is 0. The molecular formula is C31H59O9PS2Si. The minimum Gasteiger partial charge on any atom is -0.420 e. The van der Waals surface area contributed by atoms with Crippen molar-refractivity contribution in [1.29, 1.82) is 0 Å². The van der Waals surface area contributed by atoms with Gasteiger partial charge in [-0.1, -0.05) is 19.3 Å². The predicted molar refractivity (Wildman–Crippen MR) is 181 cm³/mol. The highest BCUT2D eigenvalue weighted by molar-refractivity contribution is 8.32. The van der Waals surface area contributed by atoms with Gasteiger partial charge < -0.3 is 37.6 Å². The SMILES string of the molecule is COCC(COCCC[Si](C)(C)OC)OC1CC(CCCC2CCC3OC3C2)CCC1OCC(COCCP(=O)=S=S)OC. The number of fused-ring (bicyclic) bond motifs is 1. The number of ether oxygens (including phenoxy) is 7. The molecule has 13 heteroatoms. The Labute approximate surface area is 275 Å². The van der Waals surface area contributed by atoms with Crippen molar-refractivity contribution in [3.8, 4) is 0 Å². The molecule has 258 valence electrons. The first-order chi connectivity index (χ1) is 21.3. The highest BCUT2D eigenvalue weighted by Gasteiger charge is 2.43. The molecule has 3 aliphatic rings. The van der Waals surface area contributed by atoms with E-state index >= 15 is 0 Å². The van der Waals surface area contributed by atoms with Crippen LogP contribution in [-0.2, 0) is 62.8 Å². The zero-order valence-corrected chi connectivity index (χ0v) is 31.3. The monoisotopic (exact) mass is 698 g/mol. The highest BCUT2D eigenvalue weighted by atomic mass is 32.9. The van der Waals surface area contributed by atoms with Gasteiger partial charge in [0.1, 0.15) is 12.2 Å². The van der Waals surface area contributed by atoms with Crippen LogP contribution in [0.2, 0.25) is 19.1 Å². The molecule has 0 N–H and O–H groups in total. The standard InChI is InChI=1S/C31H59O9PS2Si/c1-33-20-27(22-36-14-7-17-44(4,5)35-3)39-30-18-24(8-6-9-25-11-13-29-31(19-25)40-29)10-12-28(30)38-23-26(34-2)21-37-15-16-41(32)43-42/h24-31H,6-23H2,1-5H3. The molecule has 0 aromatic heterocycles. The Kier molecular flexibility index (Phi) is 18.9. The van der Waals surface area contributed by atoms with Crippen molar-refractivity contribution < 1.29 is 42.1 Å². The lowest BCUT2D eigenvalue weighted by atomic mass is 9.80. The molecule has 0 amide bonds. The van der Waals surface area contributed by atoms with Crippen LogP contribution in [0.4, 0.5) is 0 Å². The molecule has 0 aromatic rings. The summed E-state index contributed by atoms with van der Waals surface area (Å²) < 4.78 is 59.2. The maximum atomic E-state index is 11.6. The molecule has 44 heavy (non-hydrogen) atoms. The normalized spacial score (nSPS) is 28.7. The van der Waals surface area contributed by atoms with Crippen LogP contribution in [0.25, 0.3) is 0 Å². The first-order valence-electron chi connectivity index (χ1n) is 16.7. The number of methoxy groups -OCH3 is 2. The number of hydrogen-bond acceptors (Lipinski definition) is 10. The van der Waals surface area contributed by atoms with Crippen molar-refractivity contribution in [3.05, 3.63) is 0 Å². The number of rotatable bonds is 24. The van der Waals surface area contributed by atoms with E-state index in [-0.39, 0.29) is 24.4 Å². The van der Waals surface area contributed by atoms with Crippen LogP contribution in [-0.4, -0.2) is 112 Å². The van der Waals surface area contributed by atoms with Crippen LogP contribution >= 0.6 is 6.58 Å². The molecule has 0 spiro atoms. The molecular weight excluding hydrogens is 640 g/mol. The van der Waals surface area contributed by atoms with Gasteiger partial charge in [-0.2, -0.15) is 0 Å². The fourth-order valence-electron chi connectivity index (χ4n) is 6.51. The Morgan fingerprint density at radius 1 is 0.864 bits per heavy atom. The van der Waals surface area contributed by atoms with Crippen LogP contribution in [0, 0.1) is 11.8 Å². The Balaban J connectivity index is 1.50. The topological polar surface area (TPSA) is 94.2 Å². The summed E-state index contributed by atoms with van der Waals surface area (Å²) in [5.74, 6) is 1.46. The average Bonchev–Trinajstić information content (AvgIpc) is 3.80. The van der Waals surface area contributed by atoms with Gasteiger partial charge in [-0.05, 0) is 96.6 Å². The van der Waals surface area contributed by atoms with Crippen LogP contribution < -0.4 is 0 Å². The van der Waals surface area contributed by atoms with Crippen molar-refractivity contribution in [2.24, 2.45) is 11.8 Å². The van der Waals surface area contributed by atoms with Gasteiger partial charge >= 0.3 is 0 Å². The van der Waals surface area contributed by atoms with E-state index in [0.29, 0.717) is 63.9 Å². The summed E-state index contributed by atoms with van der Waals surface area (Å²) in [6.07, 6.45) is 12.9. The van der Waals surface area contributed by atoms with Gasteiger partial charge in [0.2, 0.25) is 0 Å². The second kappa shape index (κ2) is 21.4. The molecule has 1 aliphatic heterocycles. The lowest BCUT2D eigenvalue weighted by Crippen LogP contribution is -2.43. The lowest BCUT2D eigenvalue weighted by molar-refractivity contribution is -0.164. The summed E-state index contributed by atoms with van der Waals surface area (Å²) in [6.45, 7) is 5.92. The maximum Gasteiger partial charge on any atom is 0.186 e. The zero-order valence-electron chi connectivity index (χ0n) is 27.8. The van der Waals surface area contributed by atoms with Gasteiger partial charge in [-0.3, -0.25) is 4.57 Å². The Morgan fingerprint density at radius 3 is 2.30 bits per heavy atom.